The van der Waals surface area contributed by atoms with Gasteiger partial charge in [0.1, 0.15) is 5.82 Å². The molecule has 2 aromatic carbocycles. The molecular formula is C18H18ClFN2O2. The molecule has 0 heterocycles. The van der Waals surface area contributed by atoms with Gasteiger partial charge in [0.05, 0.1) is 0 Å². The normalized spacial score (nSPS) is 10.3. The van der Waals surface area contributed by atoms with Gasteiger partial charge in [-0.3, -0.25) is 9.59 Å². The van der Waals surface area contributed by atoms with Gasteiger partial charge in [-0.25, -0.2) is 4.39 Å². The van der Waals surface area contributed by atoms with E-state index in [2.05, 4.69) is 5.32 Å². The number of rotatable bonds is 6. The molecule has 126 valence electrons. The average Bonchev–Trinajstić information content (AvgIpc) is 2.55. The molecule has 1 N–H and O–H groups in total. The number of nitrogens with one attached hydrogen (secondary N) is 1. The van der Waals surface area contributed by atoms with Crippen LogP contribution in [0.15, 0.2) is 48.5 Å². The van der Waals surface area contributed by atoms with Gasteiger partial charge < -0.3 is 10.2 Å². The summed E-state index contributed by atoms with van der Waals surface area (Å²) >= 11 is 5.84. The van der Waals surface area contributed by atoms with Crippen LogP contribution in [0.3, 0.4) is 0 Å². The molecule has 0 aliphatic rings. The number of halogens is 2. The standard InChI is InChI=1S/C18H18ClFN2O2/c1-13(23)22(12-14-2-4-15(19)5-3-14)11-10-18(24)21-17-8-6-16(20)7-9-17/h2-9H,10-12H2,1H3,(H,21,24). The Morgan fingerprint density at radius 1 is 1.08 bits per heavy atom. The molecule has 0 aliphatic heterocycles. The van der Waals surface area contributed by atoms with Crippen LogP contribution in [0, 0.1) is 5.82 Å². The fourth-order valence-electron chi connectivity index (χ4n) is 2.15. The van der Waals surface area contributed by atoms with Gasteiger partial charge in [-0.1, -0.05) is 23.7 Å². The number of nitrogens with zero attached hydrogens (tertiary/aromatic N) is 1. The third kappa shape index (κ3) is 5.66. The van der Waals surface area contributed by atoms with Crippen molar-refractivity contribution in [1.82, 2.24) is 4.90 Å². The van der Waals surface area contributed by atoms with Crippen molar-refractivity contribution in [1.29, 1.82) is 0 Å². The second kappa shape index (κ2) is 8.45. The molecule has 2 rings (SSSR count). The highest BCUT2D eigenvalue weighted by atomic mass is 35.5. The number of carbonyl (C=O) groups excluding carboxylic acids is 2. The van der Waals surface area contributed by atoms with E-state index in [-0.39, 0.29) is 24.1 Å². The van der Waals surface area contributed by atoms with Crippen LogP contribution in [-0.2, 0) is 16.1 Å². The minimum absolute atomic E-state index is 0.112. The van der Waals surface area contributed by atoms with Crippen LogP contribution >= 0.6 is 11.6 Å². The Bertz CT molecular complexity index is 702. The van der Waals surface area contributed by atoms with Crippen LogP contribution in [0.1, 0.15) is 18.9 Å². The van der Waals surface area contributed by atoms with E-state index in [0.717, 1.165) is 5.56 Å². The van der Waals surface area contributed by atoms with Crippen molar-refractivity contribution in [2.75, 3.05) is 11.9 Å². The Morgan fingerprint density at radius 3 is 2.29 bits per heavy atom. The zero-order valence-electron chi connectivity index (χ0n) is 13.3. The summed E-state index contributed by atoms with van der Waals surface area (Å²) in [4.78, 5) is 25.3. The predicted molar refractivity (Wildman–Crippen MR) is 92.2 cm³/mol. The quantitative estimate of drug-likeness (QED) is 0.861. The Balaban J connectivity index is 1.88. The van der Waals surface area contributed by atoms with E-state index < -0.39 is 0 Å². The van der Waals surface area contributed by atoms with Gasteiger partial charge in [0.25, 0.3) is 0 Å². The van der Waals surface area contributed by atoms with Crippen molar-refractivity contribution < 1.29 is 14.0 Å². The van der Waals surface area contributed by atoms with Gasteiger partial charge in [-0.15, -0.1) is 0 Å². The number of hydrogen-bond donors (Lipinski definition) is 1. The molecule has 0 fully saturated rings. The van der Waals surface area contributed by atoms with Crippen LogP contribution in [0.2, 0.25) is 5.02 Å². The highest BCUT2D eigenvalue weighted by Crippen LogP contribution is 2.13. The van der Waals surface area contributed by atoms with Crippen LogP contribution in [0.4, 0.5) is 10.1 Å². The van der Waals surface area contributed by atoms with Crippen molar-refractivity contribution in [3.8, 4) is 0 Å². The first-order valence-electron chi connectivity index (χ1n) is 7.49. The highest BCUT2D eigenvalue weighted by molar-refractivity contribution is 6.30. The molecule has 0 radical (unpaired) electrons. The fourth-order valence-corrected chi connectivity index (χ4v) is 2.28. The van der Waals surface area contributed by atoms with Gasteiger partial charge in [0.15, 0.2) is 0 Å². The van der Waals surface area contributed by atoms with Gasteiger partial charge >= 0.3 is 0 Å². The second-order valence-electron chi connectivity index (χ2n) is 5.37. The third-order valence-electron chi connectivity index (χ3n) is 3.47. The number of benzene rings is 2. The summed E-state index contributed by atoms with van der Waals surface area (Å²) in [5, 5.41) is 3.31. The zero-order chi connectivity index (χ0) is 17.5. The minimum atomic E-state index is -0.362. The SMILES string of the molecule is CC(=O)N(CCC(=O)Nc1ccc(F)cc1)Cc1ccc(Cl)cc1. The topological polar surface area (TPSA) is 49.4 Å². The lowest BCUT2D eigenvalue weighted by Gasteiger charge is -2.21. The fraction of sp³-hybridized carbons (Fsp3) is 0.222. The van der Waals surface area contributed by atoms with Crippen molar-refractivity contribution in [2.45, 2.75) is 19.9 Å². The smallest absolute Gasteiger partial charge is 0.226 e. The van der Waals surface area contributed by atoms with E-state index in [4.69, 9.17) is 11.6 Å². The summed E-state index contributed by atoms with van der Waals surface area (Å²) in [6, 6.07) is 12.7. The largest absolute Gasteiger partial charge is 0.338 e. The van der Waals surface area contributed by atoms with Crippen LogP contribution in [0.5, 0.6) is 0 Å². The maximum atomic E-state index is 12.8. The van der Waals surface area contributed by atoms with Crippen LogP contribution < -0.4 is 5.32 Å². The number of carbonyl (C=O) groups is 2. The van der Waals surface area contributed by atoms with Crippen LogP contribution in [0.25, 0.3) is 0 Å². The van der Waals surface area contributed by atoms with Crippen molar-refractivity contribution >= 4 is 29.1 Å². The monoisotopic (exact) mass is 348 g/mol. The maximum Gasteiger partial charge on any atom is 0.226 e. The summed E-state index contributed by atoms with van der Waals surface area (Å²) in [6.07, 6.45) is 0.157. The molecule has 6 heteroatoms. The average molecular weight is 349 g/mol. The molecule has 0 saturated heterocycles. The maximum absolute atomic E-state index is 12.8. The molecule has 0 bridgehead atoms. The molecule has 0 atom stereocenters. The lowest BCUT2D eigenvalue weighted by atomic mass is 10.2. The number of hydrogen-bond acceptors (Lipinski definition) is 2. The molecule has 0 aromatic heterocycles. The third-order valence-corrected chi connectivity index (χ3v) is 3.72. The van der Waals surface area contributed by atoms with E-state index in [1.165, 1.54) is 31.2 Å². The van der Waals surface area contributed by atoms with Crippen molar-refractivity contribution in [2.24, 2.45) is 0 Å². The lowest BCUT2D eigenvalue weighted by Crippen LogP contribution is -2.31. The van der Waals surface area contributed by atoms with Gasteiger partial charge in [-0.05, 0) is 42.0 Å². The number of anilines is 1. The molecule has 2 aromatic rings. The molecule has 2 amide bonds. The molecule has 24 heavy (non-hydrogen) atoms. The molecule has 0 aliphatic carbocycles. The molecular weight excluding hydrogens is 331 g/mol. The first kappa shape index (κ1) is 17.9. The minimum Gasteiger partial charge on any atom is -0.338 e. The van der Waals surface area contributed by atoms with E-state index in [1.54, 1.807) is 17.0 Å². The van der Waals surface area contributed by atoms with Crippen molar-refractivity contribution in [3.05, 3.63) is 64.9 Å². The second-order valence-corrected chi connectivity index (χ2v) is 5.81. The van der Waals surface area contributed by atoms with E-state index >= 15 is 0 Å². The molecule has 4 nitrogen and oxygen atoms in total. The van der Waals surface area contributed by atoms with Crippen molar-refractivity contribution in [3.63, 3.8) is 0 Å². The Labute approximate surface area is 145 Å². The molecule has 0 spiro atoms. The summed E-state index contributed by atoms with van der Waals surface area (Å²) in [5.74, 6) is -0.706. The van der Waals surface area contributed by atoms with E-state index in [0.29, 0.717) is 23.8 Å². The Morgan fingerprint density at radius 2 is 1.71 bits per heavy atom. The summed E-state index contributed by atoms with van der Waals surface area (Å²) in [5.41, 5.74) is 1.46. The molecule has 0 unspecified atom stereocenters. The van der Waals surface area contributed by atoms with Gasteiger partial charge in [-0.2, -0.15) is 0 Å². The lowest BCUT2D eigenvalue weighted by molar-refractivity contribution is -0.129. The summed E-state index contributed by atoms with van der Waals surface area (Å²) in [6.45, 7) is 2.18. The first-order chi connectivity index (χ1) is 11.4. The summed E-state index contributed by atoms with van der Waals surface area (Å²) < 4.78 is 12.8. The Kier molecular flexibility index (Phi) is 6.32. The van der Waals surface area contributed by atoms with E-state index in [9.17, 15) is 14.0 Å². The number of amides is 2. The van der Waals surface area contributed by atoms with E-state index in [1.807, 2.05) is 12.1 Å². The van der Waals surface area contributed by atoms with Gasteiger partial charge in [0.2, 0.25) is 11.8 Å². The van der Waals surface area contributed by atoms with Gasteiger partial charge in [0, 0.05) is 37.1 Å². The predicted octanol–water partition coefficient (Wildman–Crippen LogP) is 3.86. The Hall–Kier alpha value is -2.40. The van der Waals surface area contributed by atoms with Crippen LogP contribution in [-0.4, -0.2) is 23.3 Å². The summed E-state index contributed by atoms with van der Waals surface area (Å²) in [7, 11) is 0. The first-order valence-corrected chi connectivity index (χ1v) is 7.87. The molecule has 0 saturated carbocycles. The highest BCUT2D eigenvalue weighted by Gasteiger charge is 2.12. The zero-order valence-corrected chi connectivity index (χ0v) is 14.0.